The lowest BCUT2D eigenvalue weighted by molar-refractivity contribution is -0.138. The van der Waals surface area contributed by atoms with Crippen LogP contribution in [0.1, 0.15) is 60.0 Å². The Morgan fingerprint density at radius 2 is 1.71 bits per heavy atom. The Bertz CT molecular complexity index is 1020. The van der Waals surface area contributed by atoms with Gasteiger partial charge in [-0.25, -0.2) is 9.59 Å². The molecule has 2 aromatic rings. The molecule has 1 aliphatic carbocycles. The zero-order valence-corrected chi connectivity index (χ0v) is 20.0. The third kappa shape index (κ3) is 8.61. The van der Waals surface area contributed by atoms with Gasteiger partial charge in [0, 0.05) is 29.6 Å². The van der Waals surface area contributed by atoms with Crippen LogP contribution in [0.25, 0.3) is 6.08 Å². The van der Waals surface area contributed by atoms with E-state index in [1.165, 1.54) is 6.08 Å². The summed E-state index contributed by atoms with van der Waals surface area (Å²) in [7, 11) is 0. The number of benzene rings is 2. The highest BCUT2D eigenvalue weighted by molar-refractivity contribution is 5.90. The number of carbonyl (C=O) groups is 2. The van der Waals surface area contributed by atoms with E-state index in [4.69, 9.17) is 25.7 Å². The molecule has 0 radical (unpaired) electrons. The van der Waals surface area contributed by atoms with E-state index in [1.807, 2.05) is 6.08 Å². The van der Waals surface area contributed by atoms with Gasteiger partial charge >= 0.3 is 11.9 Å². The Hall–Kier alpha value is -3.58. The number of nitrogen functional groups attached to an aromatic ring is 2. The first-order valence-corrected chi connectivity index (χ1v) is 12.0. The zero-order valence-electron chi connectivity index (χ0n) is 20.0. The fourth-order valence-electron chi connectivity index (χ4n) is 3.85. The summed E-state index contributed by atoms with van der Waals surface area (Å²) in [6.07, 6.45) is 10.4. The van der Waals surface area contributed by atoms with Crippen molar-refractivity contribution in [2.45, 2.75) is 57.3 Å². The minimum absolute atomic E-state index is 0.0589. The Morgan fingerprint density at radius 1 is 1.00 bits per heavy atom. The number of unbranched alkanes of at least 4 members (excludes halogenated alkanes) is 1. The quantitative estimate of drug-likeness (QED) is 0.153. The van der Waals surface area contributed by atoms with Crippen molar-refractivity contribution >= 4 is 29.4 Å². The number of carbonyl (C=O) groups excluding carboxylic acids is 2. The van der Waals surface area contributed by atoms with Crippen LogP contribution in [0, 0.1) is 0 Å². The molecular weight excluding hydrogens is 444 g/mol. The maximum atomic E-state index is 12.5. The van der Waals surface area contributed by atoms with Crippen molar-refractivity contribution in [1.29, 1.82) is 0 Å². The number of rotatable bonds is 11. The third-order valence-electron chi connectivity index (χ3n) is 5.90. The summed E-state index contributed by atoms with van der Waals surface area (Å²) in [6, 6.07) is 11.9. The summed E-state index contributed by atoms with van der Waals surface area (Å²) in [5.41, 5.74) is 14.5. The largest absolute Gasteiger partial charge is 0.459 e. The molecule has 0 unspecified atom stereocenters. The molecule has 2 aromatic carbocycles. The van der Waals surface area contributed by atoms with Crippen LogP contribution >= 0.6 is 0 Å². The predicted molar refractivity (Wildman–Crippen MR) is 137 cm³/mol. The molecule has 3 rings (SSSR count). The number of hydrogen-bond donors (Lipinski definition) is 2. The molecule has 0 aliphatic heterocycles. The molecule has 0 aromatic heterocycles. The standard InChI is InChI=1S/C28H34N2O5/c1-2-3-4-17-33-24-12-14-25(15-13-24)35-28(32)21-8-5-20(6-9-21)7-16-27(31)34-19-22-10-11-23(29)18-26(22)30/h2,5-11,16,18,24-25H,1,3-4,12-15,17,19,29-30H2. The van der Waals surface area contributed by atoms with E-state index in [-0.39, 0.29) is 24.8 Å². The van der Waals surface area contributed by atoms with Crippen molar-refractivity contribution in [3.8, 4) is 0 Å². The lowest BCUT2D eigenvalue weighted by Crippen LogP contribution is -2.28. The average Bonchev–Trinajstić information content (AvgIpc) is 2.86. The number of nitrogens with two attached hydrogens (primary N) is 2. The van der Waals surface area contributed by atoms with Gasteiger partial charge in [0.2, 0.25) is 0 Å². The lowest BCUT2D eigenvalue weighted by atomic mass is 9.95. The van der Waals surface area contributed by atoms with Crippen LogP contribution in [0.3, 0.4) is 0 Å². The van der Waals surface area contributed by atoms with E-state index in [0.29, 0.717) is 22.5 Å². The highest BCUT2D eigenvalue weighted by Crippen LogP contribution is 2.25. The fourth-order valence-corrected chi connectivity index (χ4v) is 3.85. The summed E-state index contributed by atoms with van der Waals surface area (Å²) in [5, 5.41) is 0. The first-order chi connectivity index (χ1) is 16.9. The summed E-state index contributed by atoms with van der Waals surface area (Å²) in [4.78, 5) is 24.5. The second-order valence-corrected chi connectivity index (χ2v) is 8.63. The first kappa shape index (κ1) is 26.0. The van der Waals surface area contributed by atoms with Crippen LogP contribution in [0.4, 0.5) is 11.4 Å². The van der Waals surface area contributed by atoms with Gasteiger partial charge in [-0.15, -0.1) is 6.58 Å². The summed E-state index contributed by atoms with van der Waals surface area (Å²) < 4.78 is 16.8. The van der Waals surface area contributed by atoms with Gasteiger partial charge in [0.15, 0.2) is 0 Å². The number of ether oxygens (including phenoxy) is 3. The van der Waals surface area contributed by atoms with E-state index < -0.39 is 5.97 Å². The molecule has 35 heavy (non-hydrogen) atoms. The molecule has 1 saturated carbocycles. The van der Waals surface area contributed by atoms with Gasteiger partial charge in [0.25, 0.3) is 0 Å². The molecular formula is C28H34N2O5. The van der Waals surface area contributed by atoms with Gasteiger partial charge in [0.1, 0.15) is 12.7 Å². The molecule has 186 valence electrons. The SMILES string of the molecule is C=CCCCOC1CCC(OC(=O)c2ccc(C=CC(=O)OCc3ccc(N)cc3N)cc2)CC1. The van der Waals surface area contributed by atoms with Crippen molar-refractivity contribution < 1.29 is 23.8 Å². The molecule has 0 atom stereocenters. The minimum Gasteiger partial charge on any atom is -0.459 e. The maximum absolute atomic E-state index is 12.5. The van der Waals surface area contributed by atoms with Gasteiger partial charge < -0.3 is 25.7 Å². The van der Waals surface area contributed by atoms with Crippen molar-refractivity contribution in [3.63, 3.8) is 0 Å². The number of allylic oxidation sites excluding steroid dienone is 1. The van der Waals surface area contributed by atoms with Crippen molar-refractivity contribution in [3.05, 3.63) is 77.9 Å². The van der Waals surface area contributed by atoms with E-state index in [2.05, 4.69) is 6.58 Å². The van der Waals surface area contributed by atoms with Gasteiger partial charge in [-0.3, -0.25) is 0 Å². The molecule has 7 heteroatoms. The number of esters is 2. The van der Waals surface area contributed by atoms with E-state index in [1.54, 1.807) is 48.5 Å². The Kier molecular flexibility index (Phi) is 9.93. The molecule has 1 fully saturated rings. The van der Waals surface area contributed by atoms with Gasteiger partial charge in [0.05, 0.1) is 11.7 Å². The molecule has 1 aliphatic rings. The monoisotopic (exact) mass is 478 g/mol. The van der Waals surface area contributed by atoms with Crippen LogP contribution in [-0.4, -0.2) is 30.8 Å². The number of anilines is 2. The smallest absolute Gasteiger partial charge is 0.338 e. The van der Waals surface area contributed by atoms with Crippen LogP contribution in [0.5, 0.6) is 0 Å². The first-order valence-electron chi connectivity index (χ1n) is 12.0. The second-order valence-electron chi connectivity index (χ2n) is 8.63. The molecule has 0 amide bonds. The Morgan fingerprint density at radius 3 is 2.40 bits per heavy atom. The van der Waals surface area contributed by atoms with Crippen molar-refractivity contribution in [2.75, 3.05) is 18.1 Å². The number of hydrogen-bond acceptors (Lipinski definition) is 7. The molecule has 4 N–H and O–H groups in total. The van der Waals surface area contributed by atoms with Gasteiger partial charge in [-0.2, -0.15) is 0 Å². The molecule has 0 saturated heterocycles. The minimum atomic E-state index is -0.495. The molecule has 7 nitrogen and oxygen atoms in total. The van der Waals surface area contributed by atoms with Crippen LogP contribution < -0.4 is 11.5 Å². The molecule has 0 spiro atoms. The molecule has 0 bridgehead atoms. The van der Waals surface area contributed by atoms with E-state index in [0.717, 1.165) is 50.7 Å². The van der Waals surface area contributed by atoms with E-state index >= 15 is 0 Å². The van der Waals surface area contributed by atoms with Crippen LogP contribution in [0.2, 0.25) is 0 Å². The maximum Gasteiger partial charge on any atom is 0.338 e. The predicted octanol–water partition coefficient (Wildman–Crippen LogP) is 5.06. The molecule has 0 heterocycles. The summed E-state index contributed by atoms with van der Waals surface area (Å²) >= 11 is 0. The Balaban J connectivity index is 1.40. The summed E-state index contributed by atoms with van der Waals surface area (Å²) in [6.45, 7) is 4.52. The van der Waals surface area contributed by atoms with Gasteiger partial charge in [-0.1, -0.05) is 24.3 Å². The fraction of sp³-hybridized carbons (Fsp3) is 0.357. The lowest BCUT2D eigenvalue weighted by Gasteiger charge is -2.28. The average molecular weight is 479 g/mol. The van der Waals surface area contributed by atoms with Crippen molar-refractivity contribution in [2.24, 2.45) is 0 Å². The Labute approximate surface area is 206 Å². The third-order valence-corrected chi connectivity index (χ3v) is 5.90. The van der Waals surface area contributed by atoms with Crippen molar-refractivity contribution in [1.82, 2.24) is 0 Å². The summed E-state index contributed by atoms with van der Waals surface area (Å²) in [5.74, 6) is -0.832. The second kappa shape index (κ2) is 13.3. The highest BCUT2D eigenvalue weighted by atomic mass is 16.5. The normalized spacial score (nSPS) is 17.7. The van der Waals surface area contributed by atoms with Crippen LogP contribution in [-0.2, 0) is 25.6 Å². The topological polar surface area (TPSA) is 114 Å². The highest BCUT2D eigenvalue weighted by Gasteiger charge is 2.24. The van der Waals surface area contributed by atoms with E-state index in [9.17, 15) is 9.59 Å². The van der Waals surface area contributed by atoms with Crippen LogP contribution in [0.15, 0.2) is 61.2 Å². The zero-order chi connectivity index (χ0) is 25.0. The van der Waals surface area contributed by atoms with Gasteiger partial charge in [-0.05, 0) is 74.4 Å².